The Hall–Kier alpha value is -0.870. The summed E-state index contributed by atoms with van der Waals surface area (Å²) in [7, 11) is 0. The molecule has 2 aromatic carbocycles. The Labute approximate surface area is 135 Å². The SMILES string of the molecule is Cc1cc(Cl)c(C(O)c2cc3ccccc3s2)cc1Br. The van der Waals surface area contributed by atoms with Crippen molar-refractivity contribution in [3.63, 3.8) is 0 Å². The molecule has 4 heteroatoms. The van der Waals surface area contributed by atoms with Crippen LogP contribution in [0.4, 0.5) is 0 Å². The van der Waals surface area contributed by atoms with E-state index in [9.17, 15) is 5.11 Å². The van der Waals surface area contributed by atoms with Crippen molar-refractivity contribution in [1.29, 1.82) is 0 Å². The van der Waals surface area contributed by atoms with Gasteiger partial charge in [0.2, 0.25) is 0 Å². The first-order valence-electron chi connectivity index (χ1n) is 6.18. The van der Waals surface area contributed by atoms with Gasteiger partial charge in [-0.3, -0.25) is 0 Å². The molecule has 1 N–H and O–H groups in total. The number of hydrogen-bond donors (Lipinski definition) is 1. The molecule has 1 nitrogen and oxygen atoms in total. The summed E-state index contributed by atoms with van der Waals surface area (Å²) in [5, 5.41) is 12.3. The number of rotatable bonds is 2. The van der Waals surface area contributed by atoms with Gasteiger partial charge < -0.3 is 5.11 Å². The Morgan fingerprint density at radius 2 is 1.95 bits per heavy atom. The standard InChI is InChI=1S/C16H12BrClOS/c1-9-6-13(18)11(8-12(9)17)16(19)15-7-10-4-2-3-5-14(10)20-15/h2-8,16,19H,1H3. The van der Waals surface area contributed by atoms with Gasteiger partial charge in [0, 0.05) is 24.6 Å². The molecule has 3 aromatic rings. The Morgan fingerprint density at radius 1 is 1.20 bits per heavy atom. The molecular formula is C16H12BrClOS. The lowest BCUT2D eigenvalue weighted by Crippen LogP contribution is -1.98. The third-order valence-corrected chi connectivity index (χ3v) is 5.64. The van der Waals surface area contributed by atoms with Crippen LogP contribution in [0.3, 0.4) is 0 Å². The van der Waals surface area contributed by atoms with Crippen molar-refractivity contribution in [3.8, 4) is 0 Å². The molecule has 0 aliphatic heterocycles. The number of fused-ring (bicyclic) bond motifs is 1. The van der Waals surface area contributed by atoms with Gasteiger partial charge in [-0.25, -0.2) is 0 Å². The number of thiophene rings is 1. The van der Waals surface area contributed by atoms with Crippen LogP contribution < -0.4 is 0 Å². The first kappa shape index (κ1) is 14.1. The Kier molecular flexibility index (Phi) is 3.87. The fourth-order valence-corrected chi connectivity index (χ4v) is 3.91. The van der Waals surface area contributed by atoms with E-state index in [2.05, 4.69) is 28.1 Å². The van der Waals surface area contributed by atoms with E-state index in [0.29, 0.717) is 5.02 Å². The first-order chi connectivity index (χ1) is 9.56. The van der Waals surface area contributed by atoms with Crippen molar-refractivity contribution in [2.75, 3.05) is 0 Å². The molecule has 1 atom stereocenters. The van der Waals surface area contributed by atoms with Gasteiger partial charge in [-0.15, -0.1) is 11.3 Å². The molecular weight excluding hydrogens is 356 g/mol. The second kappa shape index (κ2) is 5.49. The lowest BCUT2D eigenvalue weighted by molar-refractivity contribution is 0.224. The second-order valence-electron chi connectivity index (χ2n) is 4.71. The minimum atomic E-state index is -0.697. The summed E-state index contributed by atoms with van der Waals surface area (Å²) in [5.74, 6) is 0. The van der Waals surface area contributed by atoms with Crippen molar-refractivity contribution in [1.82, 2.24) is 0 Å². The van der Waals surface area contributed by atoms with Gasteiger partial charge in [0.25, 0.3) is 0 Å². The van der Waals surface area contributed by atoms with Crippen molar-refractivity contribution < 1.29 is 5.11 Å². The van der Waals surface area contributed by atoms with Crippen LogP contribution in [0.5, 0.6) is 0 Å². The van der Waals surface area contributed by atoms with E-state index in [4.69, 9.17) is 11.6 Å². The molecule has 1 unspecified atom stereocenters. The molecule has 0 saturated carbocycles. The summed E-state index contributed by atoms with van der Waals surface area (Å²) in [6, 6.07) is 13.9. The number of aryl methyl sites for hydroxylation is 1. The van der Waals surface area contributed by atoms with Crippen LogP contribution in [0.25, 0.3) is 10.1 Å². The molecule has 0 aliphatic rings. The van der Waals surface area contributed by atoms with Gasteiger partial charge in [0.15, 0.2) is 0 Å². The van der Waals surface area contributed by atoms with Gasteiger partial charge in [0.05, 0.1) is 0 Å². The summed E-state index contributed by atoms with van der Waals surface area (Å²) in [5.41, 5.74) is 1.79. The third kappa shape index (κ3) is 2.51. The van der Waals surface area contributed by atoms with Crippen LogP contribution in [-0.2, 0) is 0 Å². The average Bonchev–Trinajstić information content (AvgIpc) is 2.86. The van der Waals surface area contributed by atoms with E-state index in [-0.39, 0.29) is 0 Å². The van der Waals surface area contributed by atoms with Crippen LogP contribution in [0.15, 0.2) is 46.9 Å². The Balaban J connectivity index is 2.07. The highest BCUT2D eigenvalue weighted by atomic mass is 79.9. The molecule has 1 aromatic heterocycles. The number of halogens is 2. The van der Waals surface area contributed by atoms with Crippen LogP contribution in [0, 0.1) is 6.92 Å². The van der Waals surface area contributed by atoms with Crippen LogP contribution >= 0.6 is 38.9 Å². The smallest absolute Gasteiger partial charge is 0.115 e. The van der Waals surface area contributed by atoms with Crippen molar-refractivity contribution in [3.05, 3.63) is 68.0 Å². The molecule has 0 amide bonds. The van der Waals surface area contributed by atoms with E-state index in [1.165, 1.54) is 4.70 Å². The molecule has 1 heterocycles. The predicted octanol–water partition coefficient (Wildman–Crippen LogP) is 5.71. The fourth-order valence-electron chi connectivity index (χ4n) is 2.16. The van der Waals surface area contributed by atoms with Crippen molar-refractivity contribution >= 4 is 49.0 Å². The monoisotopic (exact) mass is 366 g/mol. The van der Waals surface area contributed by atoms with Crippen LogP contribution in [0.2, 0.25) is 5.02 Å². The summed E-state index contributed by atoms with van der Waals surface area (Å²) in [6.45, 7) is 1.98. The predicted molar refractivity (Wildman–Crippen MR) is 89.8 cm³/mol. The lowest BCUT2D eigenvalue weighted by atomic mass is 10.1. The van der Waals surface area contributed by atoms with Gasteiger partial charge in [-0.1, -0.05) is 45.7 Å². The highest BCUT2D eigenvalue weighted by Gasteiger charge is 2.17. The summed E-state index contributed by atoms with van der Waals surface area (Å²) in [4.78, 5) is 0.906. The molecule has 0 spiro atoms. The Morgan fingerprint density at radius 3 is 2.70 bits per heavy atom. The van der Waals surface area contributed by atoms with Crippen molar-refractivity contribution in [2.24, 2.45) is 0 Å². The van der Waals surface area contributed by atoms with Crippen LogP contribution in [-0.4, -0.2) is 5.11 Å². The zero-order valence-electron chi connectivity index (χ0n) is 10.7. The van der Waals surface area contributed by atoms with Gasteiger partial charge in [-0.05, 0) is 42.1 Å². The summed E-state index contributed by atoms with van der Waals surface area (Å²) >= 11 is 11.4. The molecule has 102 valence electrons. The number of hydrogen-bond acceptors (Lipinski definition) is 2. The maximum atomic E-state index is 10.6. The quantitative estimate of drug-likeness (QED) is 0.615. The second-order valence-corrected chi connectivity index (χ2v) is 7.09. The van der Waals surface area contributed by atoms with Crippen LogP contribution in [0.1, 0.15) is 22.1 Å². The van der Waals surface area contributed by atoms with Gasteiger partial charge in [0.1, 0.15) is 6.10 Å². The lowest BCUT2D eigenvalue weighted by Gasteiger charge is -2.12. The van der Waals surface area contributed by atoms with E-state index in [0.717, 1.165) is 25.9 Å². The minimum absolute atomic E-state index is 0.593. The molecule has 0 saturated heterocycles. The molecule has 0 bridgehead atoms. The first-order valence-corrected chi connectivity index (χ1v) is 8.17. The number of aliphatic hydroxyl groups excluding tert-OH is 1. The molecule has 3 rings (SSSR count). The third-order valence-electron chi connectivity index (χ3n) is 3.29. The highest BCUT2D eigenvalue weighted by Crippen LogP contribution is 2.37. The van der Waals surface area contributed by atoms with E-state index >= 15 is 0 Å². The number of aliphatic hydroxyl groups is 1. The number of benzene rings is 2. The topological polar surface area (TPSA) is 20.2 Å². The normalized spacial score (nSPS) is 12.8. The molecule has 0 radical (unpaired) electrons. The van der Waals surface area contributed by atoms with Crippen molar-refractivity contribution in [2.45, 2.75) is 13.0 Å². The molecule has 0 aliphatic carbocycles. The average molecular weight is 368 g/mol. The largest absolute Gasteiger partial charge is 0.383 e. The summed E-state index contributed by atoms with van der Waals surface area (Å²) in [6.07, 6.45) is -0.697. The van der Waals surface area contributed by atoms with E-state index in [1.54, 1.807) is 11.3 Å². The fraction of sp³-hybridized carbons (Fsp3) is 0.125. The zero-order chi connectivity index (χ0) is 14.3. The van der Waals surface area contributed by atoms with E-state index in [1.807, 2.05) is 37.3 Å². The maximum absolute atomic E-state index is 10.6. The highest BCUT2D eigenvalue weighted by molar-refractivity contribution is 9.10. The van der Waals surface area contributed by atoms with E-state index < -0.39 is 6.10 Å². The minimum Gasteiger partial charge on any atom is -0.383 e. The summed E-state index contributed by atoms with van der Waals surface area (Å²) < 4.78 is 2.13. The molecule has 20 heavy (non-hydrogen) atoms. The maximum Gasteiger partial charge on any atom is 0.115 e. The molecule has 0 fully saturated rings. The van der Waals surface area contributed by atoms with Gasteiger partial charge >= 0.3 is 0 Å². The Bertz CT molecular complexity index is 748. The zero-order valence-corrected chi connectivity index (χ0v) is 13.9. The van der Waals surface area contributed by atoms with Gasteiger partial charge in [-0.2, -0.15) is 0 Å².